The molecule has 214 valence electrons. The third-order valence-electron chi connectivity index (χ3n) is 8.20. The minimum absolute atomic E-state index is 0.145. The molecule has 2 fully saturated rings. The van der Waals surface area contributed by atoms with Crippen LogP contribution in [0.2, 0.25) is 5.15 Å². The summed E-state index contributed by atoms with van der Waals surface area (Å²) in [6.45, 7) is 2.38. The van der Waals surface area contributed by atoms with Crippen molar-refractivity contribution in [2.45, 2.75) is 50.0 Å². The Kier molecular flexibility index (Phi) is 9.10. The fourth-order valence-corrected chi connectivity index (χ4v) is 6.00. The monoisotopic (exact) mass is 567 g/mol. The maximum Gasteiger partial charge on any atom is 0.414 e. The number of halogens is 4. The molecule has 11 heteroatoms. The number of pyridine rings is 1. The van der Waals surface area contributed by atoms with Gasteiger partial charge in [-0.1, -0.05) is 41.9 Å². The van der Waals surface area contributed by atoms with Crippen molar-refractivity contribution in [3.05, 3.63) is 58.7 Å². The van der Waals surface area contributed by atoms with Crippen LogP contribution in [0.3, 0.4) is 0 Å². The second-order valence-electron chi connectivity index (χ2n) is 11.0. The largest absolute Gasteiger partial charge is 0.414 e. The van der Waals surface area contributed by atoms with Gasteiger partial charge in [-0.15, -0.1) is 0 Å². The summed E-state index contributed by atoms with van der Waals surface area (Å²) in [6.07, 6.45) is -2.25. The molecule has 39 heavy (non-hydrogen) atoms. The second-order valence-corrected chi connectivity index (χ2v) is 11.3. The third kappa shape index (κ3) is 6.34. The van der Waals surface area contributed by atoms with E-state index in [1.165, 1.54) is 34.1 Å². The number of amides is 1. The number of alkyl halides is 3. The quantitative estimate of drug-likeness (QED) is 0.480. The molecular weight excluding hydrogens is 531 g/mol. The summed E-state index contributed by atoms with van der Waals surface area (Å²) in [5, 5.41) is 11.1. The molecule has 2 atom stereocenters. The van der Waals surface area contributed by atoms with Crippen molar-refractivity contribution >= 4 is 23.3 Å². The number of piperidine rings is 2. The van der Waals surface area contributed by atoms with Gasteiger partial charge in [0.1, 0.15) is 17.2 Å². The molecule has 2 aromatic rings. The van der Waals surface area contributed by atoms with Gasteiger partial charge in [0.25, 0.3) is 5.91 Å². The van der Waals surface area contributed by atoms with Crippen molar-refractivity contribution in [2.24, 2.45) is 17.6 Å². The first-order valence-corrected chi connectivity index (χ1v) is 13.8. The molecule has 0 spiro atoms. The Labute approximate surface area is 232 Å². The van der Waals surface area contributed by atoms with Crippen LogP contribution in [0.25, 0.3) is 0 Å². The van der Waals surface area contributed by atoms with Gasteiger partial charge >= 0.3 is 6.18 Å². The van der Waals surface area contributed by atoms with Gasteiger partial charge in [-0.25, -0.2) is 4.98 Å². The summed E-state index contributed by atoms with van der Waals surface area (Å²) in [7, 11) is 3.34. The average molecular weight is 568 g/mol. The van der Waals surface area contributed by atoms with E-state index in [4.69, 9.17) is 17.3 Å². The van der Waals surface area contributed by atoms with Crippen LogP contribution in [0.1, 0.15) is 48.0 Å². The van der Waals surface area contributed by atoms with Crippen molar-refractivity contribution in [1.82, 2.24) is 14.8 Å². The first-order valence-electron chi connectivity index (χ1n) is 13.4. The molecule has 0 aliphatic carbocycles. The van der Waals surface area contributed by atoms with Crippen LogP contribution in [-0.2, 0) is 5.54 Å². The van der Waals surface area contributed by atoms with Gasteiger partial charge in [0.15, 0.2) is 5.54 Å². The summed E-state index contributed by atoms with van der Waals surface area (Å²) in [5.41, 5.74) is 3.28. The highest BCUT2D eigenvalue weighted by Crippen LogP contribution is 2.42. The highest BCUT2D eigenvalue weighted by Gasteiger charge is 2.59. The molecule has 1 aromatic carbocycles. The van der Waals surface area contributed by atoms with Crippen molar-refractivity contribution in [2.75, 3.05) is 45.2 Å². The van der Waals surface area contributed by atoms with Gasteiger partial charge in [0.2, 0.25) is 0 Å². The van der Waals surface area contributed by atoms with Crippen LogP contribution in [-0.4, -0.2) is 78.5 Å². The van der Waals surface area contributed by atoms with E-state index in [0.29, 0.717) is 30.5 Å². The number of hydrogen-bond donors (Lipinski definition) is 2. The molecular formula is C28H37ClF3N5O2. The molecule has 2 aliphatic rings. The summed E-state index contributed by atoms with van der Waals surface area (Å²) < 4.78 is 42.3. The van der Waals surface area contributed by atoms with Gasteiger partial charge in [-0.05, 0) is 61.6 Å². The van der Waals surface area contributed by atoms with E-state index in [9.17, 15) is 23.1 Å². The smallest absolute Gasteiger partial charge is 0.376 e. The van der Waals surface area contributed by atoms with E-state index in [1.54, 1.807) is 26.2 Å². The minimum atomic E-state index is -4.81. The van der Waals surface area contributed by atoms with Crippen LogP contribution < -0.4 is 10.6 Å². The number of carbonyl (C=O) groups is 1. The summed E-state index contributed by atoms with van der Waals surface area (Å²) >= 11 is 6.29. The Morgan fingerprint density at radius 3 is 2.13 bits per heavy atom. The number of rotatable bonds is 7. The predicted octanol–water partition coefficient (Wildman–Crippen LogP) is 4.49. The molecule has 2 aliphatic heterocycles. The normalized spacial score (nSPS) is 20.5. The van der Waals surface area contributed by atoms with E-state index in [0.717, 1.165) is 51.0 Å². The van der Waals surface area contributed by atoms with Crippen molar-refractivity contribution in [1.29, 1.82) is 0 Å². The van der Waals surface area contributed by atoms with Crippen LogP contribution in [0, 0.1) is 11.8 Å². The van der Waals surface area contributed by atoms with E-state index >= 15 is 0 Å². The number of aliphatic hydroxyl groups excluding tert-OH is 1. The van der Waals surface area contributed by atoms with Gasteiger partial charge in [-0.2, -0.15) is 13.2 Å². The lowest BCUT2D eigenvalue weighted by molar-refractivity contribution is -0.242. The first-order chi connectivity index (χ1) is 18.4. The Hall–Kier alpha value is -2.40. The Morgan fingerprint density at radius 1 is 1.05 bits per heavy atom. The lowest BCUT2D eigenvalue weighted by atomic mass is 9.81. The topological polar surface area (TPSA) is 85.9 Å². The zero-order valence-electron chi connectivity index (χ0n) is 22.4. The Bertz CT molecular complexity index is 1120. The fourth-order valence-electron chi connectivity index (χ4n) is 5.76. The molecule has 1 aromatic heterocycles. The van der Waals surface area contributed by atoms with Crippen LogP contribution in [0.15, 0.2) is 42.5 Å². The highest BCUT2D eigenvalue weighted by atomic mass is 35.5. The maximum absolute atomic E-state index is 14.1. The van der Waals surface area contributed by atoms with E-state index < -0.39 is 17.9 Å². The molecule has 4 rings (SSSR count). The zero-order chi connectivity index (χ0) is 28.4. The molecule has 0 bridgehead atoms. The predicted molar refractivity (Wildman–Crippen MR) is 145 cm³/mol. The molecule has 3 heterocycles. The number of hydrogen-bond acceptors (Lipinski definition) is 6. The number of aliphatic hydroxyl groups is 1. The second kappa shape index (κ2) is 12.0. The minimum Gasteiger partial charge on any atom is -0.376 e. The number of anilines is 1. The van der Waals surface area contributed by atoms with Gasteiger partial charge in [-0.3, -0.25) is 9.69 Å². The summed E-state index contributed by atoms with van der Waals surface area (Å²) in [6, 6.07) is 10.8. The van der Waals surface area contributed by atoms with Crippen LogP contribution in [0.5, 0.6) is 0 Å². The van der Waals surface area contributed by atoms with Crippen molar-refractivity contribution in [3.63, 3.8) is 0 Å². The lowest BCUT2D eigenvalue weighted by Gasteiger charge is -2.44. The zero-order valence-corrected chi connectivity index (χ0v) is 23.1. The standard InChI is InChI=1S/C28H37ClF3N5O2/c1-35(2)25(38)22-8-9-23(34-24(22)29)36-14-10-19(11-15-36)18-20-12-16-37(17-13-20)26(39)27(33,28(30,31)32)21-6-4-3-5-7-21/h3-9,19-20,26,39H,10-18,33H2,1-2H3/t26?,27-/m1/s1. The van der Waals surface area contributed by atoms with Crippen molar-refractivity contribution in [3.8, 4) is 0 Å². The number of nitrogens with zero attached hydrogens (tertiary/aromatic N) is 4. The lowest BCUT2D eigenvalue weighted by Crippen LogP contribution is -2.65. The van der Waals surface area contributed by atoms with Crippen molar-refractivity contribution < 1.29 is 23.1 Å². The summed E-state index contributed by atoms with van der Waals surface area (Å²) in [4.78, 5) is 21.8. The van der Waals surface area contributed by atoms with E-state index in [1.807, 2.05) is 6.07 Å². The van der Waals surface area contributed by atoms with Gasteiger partial charge < -0.3 is 20.6 Å². The highest BCUT2D eigenvalue weighted by molar-refractivity contribution is 6.32. The molecule has 0 saturated carbocycles. The summed E-state index contributed by atoms with van der Waals surface area (Å²) in [5.74, 6) is 1.47. The van der Waals surface area contributed by atoms with E-state index in [2.05, 4.69) is 9.88 Å². The molecule has 7 nitrogen and oxygen atoms in total. The third-order valence-corrected chi connectivity index (χ3v) is 8.49. The Morgan fingerprint density at radius 2 is 1.62 bits per heavy atom. The molecule has 1 unspecified atom stereocenters. The molecule has 2 saturated heterocycles. The number of benzene rings is 1. The fraction of sp³-hybridized carbons (Fsp3) is 0.571. The number of nitrogens with two attached hydrogens (primary N) is 1. The molecule has 0 radical (unpaired) electrons. The average Bonchev–Trinajstić information content (AvgIpc) is 2.92. The SMILES string of the molecule is CN(C)C(=O)c1ccc(N2CCC(CC3CCN(C(O)[C@](N)(c4ccccc4)C(F)(F)F)CC3)CC2)nc1Cl. The number of likely N-dealkylation sites (tertiary alicyclic amines) is 1. The Balaban J connectivity index is 1.29. The number of carbonyl (C=O) groups excluding carboxylic acids is 1. The maximum atomic E-state index is 14.1. The molecule has 3 N–H and O–H groups in total. The first kappa shape index (κ1) is 29.6. The van der Waals surface area contributed by atoms with Crippen LogP contribution in [0.4, 0.5) is 19.0 Å². The number of aromatic nitrogens is 1. The van der Waals surface area contributed by atoms with Gasteiger partial charge in [0, 0.05) is 40.3 Å². The van der Waals surface area contributed by atoms with Crippen LogP contribution >= 0.6 is 11.6 Å². The van der Waals surface area contributed by atoms with E-state index in [-0.39, 0.29) is 16.6 Å². The molecule has 1 amide bonds. The van der Waals surface area contributed by atoms with Gasteiger partial charge in [0.05, 0.1) is 5.56 Å².